The van der Waals surface area contributed by atoms with Crippen molar-refractivity contribution in [3.8, 4) is 6.07 Å². The third-order valence-electron chi connectivity index (χ3n) is 4.55. The molecule has 1 aromatic carbocycles. The second-order valence-electron chi connectivity index (χ2n) is 6.04. The highest BCUT2D eigenvalue weighted by molar-refractivity contribution is 5.89. The van der Waals surface area contributed by atoms with Crippen LogP contribution in [0, 0.1) is 16.7 Å². The van der Waals surface area contributed by atoms with Crippen molar-refractivity contribution in [2.75, 3.05) is 13.1 Å². The summed E-state index contributed by atoms with van der Waals surface area (Å²) in [6, 6.07) is 7.84. The van der Waals surface area contributed by atoms with Gasteiger partial charge in [-0.1, -0.05) is 12.1 Å². The molecule has 1 aliphatic heterocycles. The van der Waals surface area contributed by atoms with E-state index in [0.29, 0.717) is 12.0 Å². The quantitative estimate of drug-likeness (QED) is 0.912. The Labute approximate surface area is 118 Å². The van der Waals surface area contributed by atoms with Crippen LogP contribution in [0.3, 0.4) is 0 Å². The van der Waals surface area contributed by atoms with E-state index in [9.17, 15) is 9.90 Å². The molecule has 1 saturated carbocycles. The van der Waals surface area contributed by atoms with Gasteiger partial charge in [-0.25, -0.2) is 4.79 Å². The van der Waals surface area contributed by atoms with Crippen LogP contribution in [-0.4, -0.2) is 29.1 Å². The van der Waals surface area contributed by atoms with Crippen molar-refractivity contribution in [3.63, 3.8) is 0 Å². The molecule has 0 aromatic heterocycles. The molecule has 0 amide bonds. The monoisotopic (exact) mass is 270 g/mol. The molecule has 104 valence electrons. The van der Waals surface area contributed by atoms with Crippen molar-refractivity contribution >= 4 is 5.97 Å². The third kappa shape index (κ3) is 2.41. The molecule has 20 heavy (non-hydrogen) atoms. The minimum atomic E-state index is -0.835. The lowest BCUT2D eigenvalue weighted by Crippen LogP contribution is -2.36. The zero-order chi connectivity index (χ0) is 14.2. The summed E-state index contributed by atoms with van der Waals surface area (Å²) in [7, 11) is 0. The highest BCUT2D eigenvalue weighted by atomic mass is 16.4. The van der Waals surface area contributed by atoms with Crippen molar-refractivity contribution in [3.05, 3.63) is 34.9 Å². The van der Waals surface area contributed by atoms with Crippen LogP contribution < -0.4 is 0 Å². The van der Waals surface area contributed by atoms with Crippen LogP contribution in [0.5, 0.6) is 0 Å². The van der Waals surface area contributed by atoms with E-state index in [-0.39, 0.29) is 5.41 Å². The van der Waals surface area contributed by atoms with Crippen LogP contribution in [0.25, 0.3) is 0 Å². The van der Waals surface area contributed by atoms with Crippen LogP contribution in [0.15, 0.2) is 18.2 Å². The molecule has 0 radical (unpaired) electrons. The summed E-state index contributed by atoms with van der Waals surface area (Å²) in [5.41, 5.74) is 2.78. The van der Waals surface area contributed by atoms with Gasteiger partial charge in [0.2, 0.25) is 0 Å². The Hall–Kier alpha value is -1.86. The number of carboxylic acid groups (broad SMARTS) is 1. The average molecular weight is 270 g/mol. The minimum absolute atomic E-state index is 0.219. The lowest BCUT2D eigenvalue weighted by Gasteiger charge is -2.32. The Morgan fingerprint density at radius 1 is 1.45 bits per heavy atom. The molecule has 1 N–H and O–H groups in total. The molecule has 1 fully saturated rings. The number of carboxylic acids is 1. The summed E-state index contributed by atoms with van der Waals surface area (Å²) < 4.78 is 0. The van der Waals surface area contributed by atoms with Gasteiger partial charge in [0.1, 0.15) is 0 Å². The van der Waals surface area contributed by atoms with E-state index in [1.54, 1.807) is 6.07 Å². The molecule has 0 bridgehead atoms. The zero-order valence-electron chi connectivity index (χ0n) is 11.4. The highest BCUT2D eigenvalue weighted by Gasteiger charge is 2.44. The van der Waals surface area contributed by atoms with Gasteiger partial charge in [-0.3, -0.25) is 4.90 Å². The zero-order valence-corrected chi connectivity index (χ0v) is 11.4. The molecule has 1 aliphatic carbocycles. The van der Waals surface area contributed by atoms with Crippen LogP contribution in [0.1, 0.15) is 40.7 Å². The Balaban J connectivity index is 1.75. The predicted octanol–water partition coefficient (Wildman–Crippen LogP) is 2.44. The van der Waals surface area contributed by atoms with E-state index in [2.05, 4.69) is 11.0 Å². The number of nitriles is 1. The summed E-state index contributed by atoms with van der Waals surface area (Å²) in [5, 5.41) is 18.1. The number of fused-ring (bicyclic) bond motifs is 1. The molecule has 4 heteroatoms. The molecule has 0 atom stereocenters. The van der Waals surface area contributed by atoms with Gasteiger partial charge in [-0.15, -0.1) is 0 Å². The molecule has 4 nitrogen and oxygen atoms in total. The summed E-state index contributed by atoms with van der Waals surface area (Å²) >= 11 is 0. The Bertz CT molecular complexity index is 585. The maximum atomic E-state index is 11.2. The van der Waals surface area contributed by atoms with E-state index >= 15 is 0 Å². The third-order valence-corrected chi connectivity index (χ3v) is 4.55. The van der Waals surface area contributed by atoms with Crippen LogP contribution in [0.2, 0.25) is 0 Å². The number of benzene rings is 1. The number of aromatic carboxylic acids is 1. The fraction of sp³-hybridized carbons (Fsp3) is 0.500. The van der Waals surface area contributed by atoms with Crippen molar-refractivity contribution in [1.82, 2.24) is 4.90 Å². The largest absolute Gasteiger partial charge is 0.478 e. The van der Waals surface area contributed by atoms with Crippen LogP contribution in [0.4, 0.5) is 0 Å². The lowest BCUT2D eigenvalue weighted by molar-refractivity contribution is 0.0694. The maximum absolute atomic E-state index is 11.2. The second-order valence-corrected chi connectivity index (χ2v) is 6.04. The van der Waals surface area contributed by atoms with Gasteiger partial charge in [0.05, 0.1) is 11.6 Å². The average Bonchev–Trinajstić information content (AvgIpc) is 3.17. The molecule has 1 heterocycles. The number of hydrogen-bond donors (Lipinski definition) is 1. The van der Waals surface area contributed by atoms with Crippen molar-refractivity contribution in [1.29, 1.82) is 5.26 Å². The van der Waals surface area contributed by atoms with Crippen molar-refractivity contribution < 1.29 is 9.90 Å². The number of nitrogens with zero attached hydrogens (tertiary/aromatic N) is 2. The lowest BCUT2D eigenvalue weighted by atomic mass is 9.93. The van der Waals surface area contributed by atoms with E-state index in [4.69, 9.17) is 5.26 Å². The van der Waals surface area contributed by atoms with Crippen molar-refractivity contribution in [2.24, 2.45) is 5.41 Å². The van der Waals surface area contributed by atoms with Gasteiger partial charge in [0, 0.05) is 26.1 Å². The van der Waals surface area contributed by atoms with E-state index in [0.717, 1.165) is 50.0 Å². The molecule has 0 unspecified atom stereocenters. The van der Waals surface area contributed by atoms with Gasteiger partial charge in [0.15, 0.2) is 0 Å². The predicted molar refractivity (Wildman–Crippen MR) is 74.3 cm³/mol. The fourth-order valence-corrected chi connectivity index (χ4v) is 3.21. The first-order valence-corrected chi connectivity index (χ1v) is 7.07. The molecular formula is C16H18N2O2. The smallest absolute Gasteiger partial charge is 0.335 e. The highest BCUT2D eigenvalue weighted by Crippen LogP contribution is 2.49. The number of hydrogen-bond acceptors (Lipinski definition) is 3. The fourth-order valence-electron chi connectivity index (χ4n) is 3.21. The van der Waals surface area contributed by atoms with Crippen LogP contribution >= 0.6 is 0 Å². The van der Waals surface area contributed by atoms with Gasteiger partial charge in [0.25, 0.3) is 0 Å². The van der Waals surface area contributed by atoms with Gasteiger partial charge in [-0.05, 0) is 41.9 Å². The first-order chi connectivity index (χ1) is 9.63. The van der Waals surface area contributed by atoms with Gasteiger partial charge in [-0.2, -0.15) is 5.26 Å². The van der Waals surface area contributed by atoms with Gasteiger partial charge >= 0.3 is 5.97 Å². The molecule has 1 aromatic rings. The van der Waals surface area contributed by atoms with Gasteiger partial charge < -0.3 is 5.11 Å². The van der Waals surface area contributed by atoms with Crippen molar-refractivity contribution in [2.45, 2.75) is 32.2 Å². The molecule has 2 aliphatic rings. The summed E-state index contributed by atoms with van der Waals surface area (Å²) in [6.07, 6.45) is 3.74. The number of carbonyl (C=O) groups is 1. The van der Waals surface area contributed by atoms with Crippen LogP contribution in [-0.2, 0) is 13.0 Å². The maximum Gasteiger partial charge on any atom is 0.335 e. The topological polar surface area (TPSA) is 64.3 Å². The second kappa shape index (κ2) is 4.92. The van der Waals surface area contributed by atoms with E-state index < -0.39 is 5.97 Å². The first kappa shape index (κ1) is 13.1. The first-order valence-electron chi connectivity index (χ1n) is 7.07. The molecule has 3 rings (SSSR count). The SMILES string of the molecule is N#CCC1(CN2CCc3c(cccc3C(=O)O)C2)CC1. The Kier molecular flexibility index (Phi) is 3.23. The standard InChI is InChI=1S/C16H18N2O2/c17-8-7-16(5-6-16)11-18-9-4-13-12(10-18)2-1-3-14(13)15(19)20/h1-3H,4-7,9-11H2,(H,19,20). The summed E-state index contributed by atoms with van der Waals surface area (Å²) in [6.45, 7) is 2.67. The summed E-state index contributed by atoms with van der Waals surface area (Å²) in [4.78, 5) is 13.6. The normalized spacial score (nSPS) is 19.9. The minimum Gasteiger partial charge on any atom is -0.478 e. The summed E-state index contributed by atoms with van der Waals surface area (Å²) in [5.74, 6) is -0.835. The molecule has 0 saturated heterocycles. The number of rotatable bonds is 4. The van der Waals surface area contributed by atoms with E-state index in [1.807, 2.05) is 12.1 Å². The Morgan fingerprint density at radius 3 is 2.90 bits per heavy atom. The molecular weight excluding hydrogens is 252 g/mol. The molecule has 0 spiro atoms. The van der Waals surface area contributed by atoms with E-state index in [1.165, 1.54) is 0 Å². The Morgan fingerprint density at radius 2 is 2.25 bits per heavy atom.